The van der Waals surface area contributed by atoms with E-state index in [1.807, 2.05) is 0 Å². The highest BCUT2D eigenvalue weighted by molar-refractivity contribution is 6.36. The van der Waals surface area contributed by atoms with E-state index >= 15 is 0 Å². The fourth-order valence-electron chi connectivity index (χ4n) is 4.10. The Hall–Kier alpha value is -1.72. The van der Waals surface area contributed by atoms with Gasteiger partial charge in [-0.25, -0.2) is 4.90 Å². The largest absolute Gasteiger partial charge is 0.299 e. The molecule has 3 saturated carbocycles. The first kappa shape index (κ1) is 14.8. The number of hydrogen-bond donors (Lipinski definition) is 0. The molecule has 0 spiro atoms. The van der Waals surface area contributed by atoms with E-state index < -0.39 is 35.5 Å². The van der Waals surface area contributed by atoms with E-state index in [0.717, 1.165) is 4.90 Å². The van der Waals surface area contributed by atoms with Gasteiger partial charge in [-0.2, -0.15) is 0 Å². The second-order valence-corrected chi connectivity index (χ2v) is 7.12. The van der Waals surface area contributed by atoms with Crippen LogP contribution in [-0.2, 0) is 19.2 Å². The number of halogens is 2. The fraction of sp³-hybridized carbons (Fsp3) is 0.375. The Bertz CT molecular complexity index is 730. The van der Waals surface area contributed by atoms with Crippen LogP contribution in [0.4, 0.5) is 5.69 Å². The smallest absolute Gasteiger partial charge is 0.238 e. The third kappa shape index (κ3) is 2.00. The number of carbonyl (C=O) groups excluding carboxylic acids is 4. The average molecular weight is 352 g/mol. The number of Topliss-reactive ketones (excluding diaryl/α,β-unsaturated/α-hetero) is 2. The topological polar surface area (TPSA) is 71.5 Å². The highest BCUT2D eigenvalue weighted by atomic mass is 35.5. The molecule has 2 bridgehead atoms. The van der Waals surface area contributed by atoms with Crippen molar-refractivity contribution in [2.24, 2.45) is 23.7 Å². The predicted octanol–water partition coefficient (Wildman–Crippen LogP) is 2.28. The van der Waals surface area contributed by atoms with Crippen LogP contribution in [-0.4, -0.2) is 23.4 Å². The van der Waals surface area contributed by atoms with Crippen LogP contribution < -0.4 is 4.90 Å². The standard InChI is InChI=1S/C16H11Cl2NO4/c17-6-1-7(18)3-8(2-6)19-15(22)13-9-4-11(20)10(5-12(9)21)14(13)16(19)23/h1-3,9-10,13-14H,4-5H2/t9-,10+,13-,14-/m1/s1. The normalized spacial score (nSPS) is 32.7. The van der Waals surface area contributed by atoms with Crippen LogP contribution in [0.5, 0.6) is 0 Å². The molecule has 5 rings (SSSR count). The first-order chi connectivity index (χ1) is 10.9. The number of anilines is 1. The van der Waals surface area contributed by atoms with Crippen LogP contribution in [0.25, 0.3) is 0 Å². The lowest BCUT2D eigenvalue weighted by molar-refractivity contribution is -0.153. The van der Waals surface area contributed by atoms with Gasteiger partial charge in [-0.1, -0.05) is 23.2 Å². The summed E-state index contributed by atoms with van der Waals surface area (Å²) in [4.78, 5) is 50.7. The van der Waals surface area contributed by atoms with Crippen molar-refractivity contribution in [3.63, 3.8) is 0 Å². The fourth-order valence-corrected chi connectivity index (χ4v) is 4.61. The van der Waals surface area contributed by atoms with Gasteiger partial charge in [-0.15, -0.1) is 0 Å². The molecule has 1 aliphatic heterocycles. The molecular weight excluding hydrogens is 341 g/mol. The lowest BCUT2D eigenvalue weighted by Gasteiger charge is -2.40. The molecule has 1 saturated heterocycles. The van der Waals surface area contributed by atoms with Gasteiger partial charge in [-0.3, -0.25) is 19.2 Å². The zero-order chi connectivity index (χ0) is 16.5. The van der Waals surface area contributed by atoms with Crippen molar-refractivity contribution < 1.29 is 19.2 Å². The number of carbonyl (C=O) groups is 4. The summed E-state index contributed by atoms with van der Waals surface area (Å²) in [6.07, 6.45) is 0.127. The lowest BCUT2D eigenvalue weighted by Crippen LogP contribution is -2.51. The molecule has 0 unspecified atom stereocenters. The van der Waals surface area contributed by atoms with Gasteiger partial charge in [0.05, 0.1) is 17.5 Å². The van der Waals surface area contributed by atoms with Crippen molar-refractivity contribution in [2.75, 3.05) is 4.90 Å². The molecule has 1 aromatic carbocycles. The minimum atomic E-state index is -0.732. The number of benzene rings is 1. The Morgan fingerprint density at radius 2 is 1.22 bits per heavy atom. The molecule has 5 nitrogen and oxygen atoms in total. The summed E-state index contributed by atoms with van der Waals surface area (Å²) >= 11 is 11.9. The monoisotopic (exact) mass is 351 g/mol. The van der Waals surface area contributed by atoms with E-state index in [2.05, 4.69) is 0 Å². The number of amides is 2. The second kappa shape index (κ2) is 4.89. The Labute approximate surface area is 141 Å². The number of nitrogens with zero attached hydrogens (tertiary/aromatic N) is 1. The Morgan fingerprint density at radius 1 is 0.783 bits per heavy atom. The lowest BCUT2D eigenvalue weighted by atomic mass is 9.58. The summed E-state index contributed by atoms with van der Waals surface area (Å²) in [5.74, 6) is -3.87. The Balaban J connectivity index is 1.80. The molecule has 118 valence electrons. The SMILES string of the molecule is O=C1C[C@H]2C(=O)C[C@H]1[C@H]1C(=O)N(c3cc(Cl)cc(Cl)c3)C(=O)[C@@H]12. The van der Waals surface area contributed by atoms with Crippen LogP contribution in [0.2, 0.25) is 10.0 Å². The number of rotatable bonds is 1. The van der Waals surface area contributed by atoms with Gasteiger partial charge in [0.2, 0.25) is 11.8 Å². The van der Waals surface area contributed by atoms with Gasteiger partial charge in [0, 0.05) is 34.7 Å². The number of fused-ring (bicyclic) bond motifs is 2. The molecule has 4 fully saturated rings. The summed E-state index contributed by atoms with van der Waals surface area (Å²) in [6.45, 7) is 0. The van der Waals surface area contributed by atoms with Crippen LogP contribution >= 0.6 is 23.2 Å². The van der Waals surface area contributed by atoms with Gasteiger partial charge in [0.25, 0.3) is 0 Å². The maximum atomic E-state index is 12.8. The van der Waals surface area contributed by atoms with E-state index in [1.165, 1.54) is 18.2 Å². The van der Waals surface area contributed by atoms with Crippen LogP contribution in [0.1, 0.15) is 12.8 Å². The molecule has 4 atom stereocenters. The van der Waals surface area contributed by atoms with Crippen molar-refractivity contribution in [3.05, 3.63) is 28.2 Å². The Kier molecular flexibility index (Phi) is 3.15. The van der Waals surface area contributed by atoms with Crippen molar-refractivity contribution in [2.45, 2.75) is 12.8 Å². The van der Waals surface area contributed by atoms with Crippen LogP contribution in [0.3, 0.4) is 0 Å². The van der Waals surface area contributed by atoms with E-state index in [0.29, 0.717) is 10.0 Å². The molecule has 1 aromatic rings. The highest BCUT2D eigenvalue weighted by Gasteiger charge is 2.63. The van der Waals surface area contributed by atoms with Gasteiger partial charge in [0.15, 0.2) is 0 Å². The van der Waals surface area contributed by atoms with Gasteiger partial charge < -0.3 is 0 Å². The summed E-state index contributed by atoms with van der Waals surface area (Å²) in [6, 6.07) is 4.46. The molecule has 0 radical (unpaired) electrons. The maximum Gasteiger partial charge on any atom is 0.238 e. The number of ketones is 2. The minimum absolute atomic E-state index is 0.0633. The molecule has 3 aliphatic carbocycles. The quantitative estimate of drug-likeness (QED) is 0.727. The number of imide groups is 1. The molecule has 23 heavy (non-hydrogen) atoms. The molecule has 2 amide bonds. The molecule has 4 aliphatic rings. The minimum Gasteiger partial charge on any atom is -0.299 e. The van der Waals surface area contributed by atoms with Crippen molar-refractivity contribution in [1.29, 1.82) is 0 Å². The van der Waals surface area contributed by atoms with Gasteiger partial charge >= 0.3 is 0 Å². The second-order valence-electron chi connectivity index (χ2n) is 6.24. The van der Waals surface area contributed by atoms with Crippen molar-refractivity contribution in [1.82, 2.24) is 0 Å². The first-order valence-corrected chi connectivity index (χ1v) is 8.03. The molecule has 7 heteroatoms. The molecule has 0 aromatic heterocycles. The maximum absolute atomic E-state index is 12.8. The van der Waals surface area contributed by atoms with E-state index in [4.69, 9.17) is 23.2 Å². The van der Waals surface area contributed by atoms with E-state index in [9.17, 15) is 19.2 Å². The van der Waals surface area contributed by atoms with Crippen molar-refractivity contribution >= 4 is 52.3 Å². The first-order valence-electron chi connectivity index (χ1n) is 7.28. The van der Waals surface area contributed by atoms with Gasteiger partial charge in [0.1, 0.15) is 11.6 Å². The van der Waals surface area contributed by atoms with E-state index in [1.54, 1.807) is 0 Å². The van der Waals surface area contributed by atoms with Crippen LogP contribution in [0.15, 0.2) is 18.2 Å². The zero-order valence-corrected chi connectivity index (χ0v) is 13.3. The summed E-state index contributed by atoms with van der Waals surface area (Å²) in [5.41, 5.74) is 0.284. The van der Waals surface area contributed by atoms with Crippen LogP contribution in [0, 0.1) is 23.7 Å². The highest BCUT2D eigenvalue weighted by Crippen LogP contribution is 2.51. The molecular formula is C16H11Cl2NO4. The third-order valence-corrected chi connectivity index (χ3v) is 5.48. The number of hydrogen-bond acceptors (Lipinski definition) is 4. The predicted molar refractivity (Wildman–Crippen MR) is 82.2 cm³/mol. The zero-order valence-electron chi connectivity index (χ0n) is 11.8. The average Bonchev–Trinajstić information content (AvgIpc) is 2.72. The van der Waals surface area contributed by atoms with Crippen molar-refractivity contribution in [3.8, 4) is 0 Å². The molecule has 0 N–H and O–H groups in total. The summed E-state index contributed by atoms with van der Waals surface area (Å²) < 4.78 is 0. The van der Waals surface area contributed by atoms with E-state index in [-0.39, 0.29) is 30.1 Å². The third-order valence-electron chi connectivity index (χ3n) is 5.04. The summed E-state index contributed by atoms with van der Waals surface area (Å²) in [5, 5.41) is 0.608. The Morgan fingerprint density at radius 3 is 1.65 bits per heavy atom. The molecule has 1 heterocycles. The summed E-state index contributed by atoms with van der Waals surface area (Å²) in [7, 11) is 0. The van der Waals surface area contributed by atoms with Gasteiger partial charge in [-0.05, 0) is 18.2 Å².